The molecule has 0 aromatic rings. The minimum absolute atomic E-state index is 0.243. The smallest absolute Gasteiger partial charge is 0.191 e. The van der Waals surface area contributed by atoms with E-state index in [0.717, 1.165) is 32.2 Å². The fraction of sp³-hybridized carbons (Fsp3) is 0.917. The van der Waals surface area contributed by atoms with Gasteiger partial charge in [0.25, 0.3) is 0 Å². The summed E-state index contributed by atoms with van der Waals surface area (Å²) in [6.07, 6.45) is 0. The van der Waals surface area contributed by atoms with E-state index in [1.807, 2.05) is 0 Å². The summed E-state index contributed by atoms with van der Waals surface area (Å²) in [5.74, 6) is 0.805. The van der Waals surface area contributed by atoms with Crippen LogP contribution in [-0.2, 0) is 9.47 Å². The van der Waals surface area contributed by atoms with Gasteiger partial charge in [0.15, 0.2) is 5.96 Å². The predicted molar refractivity (Wildman–Crippen MR) is 75.2 cm³/mol. The molecule has 0 aromatic carbocycles. The number of nitrogens with zero attached hydrogens (tertiary/aromatic N) is 2. The summed E-state index contributed by atoms with van der Waals surface area (Å²) in [5.41, 5.74) is 0. The maximum Gasteiger partial charge on any atom is 0.191 e. The summed E-state index contributed by atoms with van der Waals surface area (Å²) in [6.45, 7) is 6.20. The van der Waals surface area contributed by atoms with Gasteiger partial charge in [0.1, 0.15) is 0 Å². The monoisotopic (exact) mass is 260 g/mol. The number of guanidine groups is 1. The van der Waals surface area contributed by atoms with Crippen LogP contribution in [0.3, 0.4) is 0 Å². The minimum atomic E-state index is 0.243. The fourth-order valence-electron chi connectivity index (χ4n) is 1.44. The van der Waals surface area contributed by atoms with Crippen LogP contribution in [0.4, 0.5) is 0 Å². The van der Waals surface area contributed by atoms with Gasteiger partial charge in [0.2, 0.25) is 0 Å². The van der Waals surface area contributed by atoms with Crippen molar-refractivity contribution in [1.29, 1.82) is 0 Å². The average molecular weight is 260 g/mol. The molecule has 18 heavy (non-hydrogen) atoms. The Morgan fingerprint density at radius 3 is 2.56 bits per heavy atom. The Morgan fingerprint density at radius 1 is 1.28 bits per heavy atom. The molecule has 0 fully saturated rings. The number of ether oxygens (including phenoxy) is 2. The largest absolute Gasteiger partial charge is 0.383 e. The molecule has 0 aliphatic rings. The zero-order chi connectivity index (χ0) is 13.8. The molecule has 0 saturated heterocycles. The summed E-state index contributed by atoms with van der Waals surface area (Å²) in [6, 6.07) is 0.243. The third-order valence-corrected chi connectivity index (χ3v) is 2.49. The lowest BCUT2D eigenvalue weighted by Gasteiger charge is -2.19. The van der Waals surface area contributed by atoms with Gasteiger partial charge in [-0.15, -0.1) is 0 Å². The Bertz CT molecular complexity index is 224. The van der Waals surface area contributed by atoms with Crippen molar-refractivity contribution in [1.82, 2.24) is 15.5 Å². The summed E-state index contributed by atoms with van der Waals surface area (Å²) in [4.78, 5) is 6.38. The first-order valence-electron chi connectivity index (χ1n) is 6.27. The first-order valence-corrected chi connectivity index (χ1v) is 6.27. The van der Waals surface area contributed by atoms with Gasteiger partial charge in [0, 0.05) is 46.9 Å². The minimum Gasteiger partial charge on any atom is -0.383 e. The summed E-state index contributed by atoms with van der Waals surface area (Å²) in [7, 11) is 7.25. The molecule has 0 aromatic heterocycles. The van der Waals surface area contributed by atoms with Crippen LogP contribution < -0.4 is 10.6 Å². The van der Waals surface area contributed by atoms with E-state index in [2.05, 4.69) is 34.5 Å². The van der Waals surface area contributed by atoms with E-state index in [9.17, 15) is 0 Å². The maximum absolute atomic E-state index is 5.07. The Labute approximate surface area is 111 Å². The molecular formula is C12H28N4O2. The van der Waals surface area contributed by atoms with Crippen molar-refractivity contribution in [3.63, 3.8) is 0 Å². The molecular weight excluding hydrogens is 232 g/mol. The molecule has 0 aliphatic carbocycles. The van der Waals surface area contributed by atoms with Crippen LogP contribution in [0.25, 0.3) is 0 Å². The highest BCUT2D eigenvalue weighted by Crippen LogP contribution is 1.84. The van der Waals surface area contributed by atoms with Crippen LogP contribution in [0, 0.1) is 0 Å². The van der Waals surface area contributed by atoms with Crippen LogP contribution in [0.15, 0.2) is 4.99 Å². The molecule has 0 amide bonds. The van der Waals surface area contributed by atoms with Gasteiger partial charge in [-0.25, -0.2) is 0 Å². The van der Waals surface area contributed by atoms with Crippen LogP contribution in [0.5, 0.6) is 0 Å². The summed E-state index contributed by atoms with van der Waals surface area (Å²) >= 11 is 0. The molecule has 6 heteroatoms. The van der Waals surface area contributed by atoms with Gasteiger partial charge in [0.05, 0.1) is 13.2 Å². The highest BCUT2D eigenvalue weighted by Gasteiger charge is 2.04. The third-order valence-electron chi connectivity index (χ3n) is 2.49. The lowest BCUT2D eigenvalue weighted by atomic mass is 10.4. The molecule has 1 atom stereocenters. The van der Waals surface area contributed by atoms with E-state index in [1.165, 1.54) is 0 Å². The first kappa shape index (κ1) is 17.2. The highest BCUT2D eigenvalue weighted by molar-refractivity contribution is 5.79. The second-order valence-corrected chi connectivity index (χ2v) is 4.30. The maximum atomic E-state index is 5.07. The topological polar surface area (TPSA) is 58.1 Å². The number of nitrogens with one attached hydrogen (secondary N) is 2. The number of aliphatic imine (C=N–C) groups is 1. The van der Waals surface area contributed by atoms with E-state index < -0.39 is 0 Å². The number of hydrogen-bond donors (Lipinski definition) is 2. The van der Waals surface area contributed by atoms with E-state index in [1.54, 1.807) is 21.3 Å². The molecule has 0 heterocycles. The van der Waals surface area contributed by atoms with Crippen LogP contribution in [0.1, 0.15) is 6.92 Å². The molecule has 0 aliphatic heterocycles. The number of rotatable bonds is 9. The second-order valence-electron chi connectivity index (χ2n) is 4.30. The molecule has 2 N–H and O–H groups in total. The Balaban J connectivity index is 3.74. The van der Waals surface area contributed by atoms with Crippen molar-refractivity contribution in [2.24, 2.45) is 4.99 Å². The number of methoxy groups -OCH3 is 2. The van der Waals surface area contributed by atoms with Gasteiger partial charge in [-0.05, 0) is 14.0 Å². The van der Waals surface area contributed by atoms with E-state index >= 15 is 0 Å². The van der Waals surface area contributed by atoms with Crippen LogP contribution in [0.2, 0.25) is 0 Å². The molecule has 108 valence electrons. The van der Waals surface area contributed by atoms with Crippen molar-refractivity contribution < 1.29 is 9.47 Å². The molecule has 0 saturated carbocycles. The zero-order valence-corrected chi connectivity index (χ0v) is 12.3. The molecule has 0 spiro atoms. The van der Waals surface area contributed by atoms with Crippen LogP contribution >= 0.6 is 0 Å². The van der Waals surface area contributed by atoms with Crippen molar-refractivity contribution in [2.45, 2.75) is 13.0 Å². The lowest BCUT2D eigenvalue weighted by molar-refractivity contribution is 0.162. The Morgan fingerprint density at radius 2 is 2.00 bits per heavy atom. The van der Waals surface area contributed by atoms with Crippen molar-refractivity contribution >= 4 is 5.96 Å². The van der Waals surface area contributed by atoms with Gasteiger partial charge in [-0.3, -0.25) is 4.99 Å². The van der Waals surface area contributed by atoms with Gasteiger partial charge >= 0.3 is 0 Å². The van der Waals surface area contributed by atoms with E-state index in [-0.39, 0.29) is 6.04 Å². The van der Waals surface area contributed by atoms with E-state index in [4.69, 9.17) is 9.47 Å². The van der Waals surface area contributed by atoms with Crippen molar-refractivity contribution in [3.05, 3.63) is 0 Å². The lowest BCUT2D eigenvalue weighted by Crippen LogP contribution is -2.46. The first-order chi connectivity index (χ1) is 8.63. The zero-order valence-electron chi connectivity index (χ0n) is 12.3. The van der Waals surface area contributed by atoms with Gasteiger partial charge in [-0.1, -0.05) is 0 Å². The quantitative estimate of drug-likeness (QED) is 0.443. The highest BCUT2D eigenvalue weighted by atomic mass is 16.5. The third kappa shape index (κ3) is 9.21. The second kappa shape index (κ2) is 11.3. The van der Waals surface area contributed by atoms with Gasteiger partial charge < -0.3 is 25.0 Å². The van der Waals surface area contributed by atoms with Crippen LogP contribution in [-0.4, -0.2) is 78.1 Å². The Hall–Kier alpha value is -0.850. The standard InChI is InChI=1S/C12H28N4O2/c1-11(10-18-5)15-12(13-2)14-6-7-16(3)8-9-17-4/h11H,6-10H2,1-5H3,(H2,13,14,15). The molecule has 0 bridgehead atoms. The average Bonchev–Trinajstić information content (AvgIpc) is 2.35. The normalized spacial score (nSPS) is 13.8. The predicted octanol–water partition coefficient (Wildman–Crippen LogP) is -0.235. The summed E-state index contributed by atoms with van der Waals surface area (Å²) < 4.78 is 10.1. The molecule has 0 radical (unpaired) electrons. The van der Waals surface area contributed by atoms with Crippen molar-refractivity contribution in [2.75, 3.05) is 61.2 Å². The Kier molecular flexibility index (Phi) is 10.7. The molecule has 6 nitrogen and oxygen atoms in total. The fourth-order valence-corrected chi connectivity index (χ4v) is 1.44. The number of likely N-dealkylation sites (N-methyl/N-ethyl adjacent to an activating group) is 1. The van der Waals surface area contributed by atoms with E-state index in [0.29, 0.717) is 6.61 Å². The number of hydrogen-bond acceptors (Lipinski definition) is 4. The summed E-state index contributed by atoms with van der Waals surface area (Å²) in [5, 5.41) is 6.52. The van der Waals surface area contributed by atoms with Gasteiger partial charge in [-0.2, -0.15) is 0 Å². The molecule has 1 unspecified atom stereocenters. The SMILES string of the molecule is CN=C(NCCN(C)CCOC)NC(C)COC. The molecule has 0 rings (SSSR count). The van der Waals surface area contributed by atoms with Crippen molar-refractivity contribution in [3.8, 4) is 0 Å².